The van der Waals surface area contributed by atoms with E-state index in [0.717, 1.165) is 15.7 Å². The summed E-state index contributed by atoms with van der Waals surface area (Å²) in [5, 5.41) is 0.611. The van der Waals surface area contributed by atoms with Crippen LogP contribution in [0.1, 0.15) is 5.56 Å². The van der Waals surface area contributed by atoms with E-state index < -0.39 is 5.91 Å². The van der Waals surface area contributed by atoms with Crippen molar-refractivity contribution >= 4 is 45.3 Å². The summed E-state index contributed by atoms with van der Waals surface area (Å²) in [4.78, 5) is 14.9. The molecule has 0 spiro atoms. The van der Waals surface area contributed by atoms with Gasteiger partial charge in [0.25, 0.3) is 5.91 Å². The summed E-state index contributed by atoms with van der Waals surface area (Å²) in [5.74, 6) is 0.0744. The van der Waals surface area contributed by atoms with E-state index in [0.29, 0.717) is 10.8 Å². The van der Waals surface area contributed by atoms with Gasteiger partial charge in [0.2, 0.25) is 0 Å². The van der Waals surface area contributed by atoms with Crippen molar-refractivity contribution in [3.05, 3.63) is 57.5 Å². The Hall–Kier alpha value is -1.85. The van der Waals surface area contributed by atoms with Crippen LogP contribution in [0.4, 0.5) is 5.69 Å². The zero-order valence-corrected chi connectivity index (χ0v) is 13.3. The third-order valence-corrected chi connectivity index (χ3v) is 3.76. The number of carbonyl (C=O) groups is 1. The zero-order valence-electron chi connectivity index (χ0n) is 10.9. The average molecular weight is 368 g/mol. The SMILES string of the molecule is NC(=O)COc1ccc(C=Nc2ccc(Br)c(Cl)c2)cc1. The molecule has 0 atom stereocenters. The molecule has 0 saturated carbocycles. The van der Waals surface area contributed by atoms with Gasteiger partial charge in [-0.2, -0.15) is 0 Å². The van der Waals surface area contributed by atoms with Crippen LogP contribution in [0.25, 0.3) is 0 Å². The van der Waals surface area contributed by atoms with Gasteiger partial charge in [-0.3, -0.25) is 9.79 Å². The van der Waals surface area contributed by atoms with Crippen LogP contribution in [0.15, 0.2) is 51.9 Å². The van der Waals surface area contributed by atoms with Gasteiger partial charge >= 0.3 is 0 Å². The van der Waals surface area contributed by atoms with Crippen LogP contribution < -0.4 is 10.5 Å². The number of rotatable bonds is 5. The first-order chi connectivity index (χ1) is 10.0. The van der Waals surface area contributed by atoms with Crippen LogP contribution in [0.5, 0.6) is 5.75 Å². The number of carbonyl (C=O) groups excluding carboxylic acids is 1. The molecule has 0 heterocycles. The lowest BCUT2D eigenvalue weighted by Crippen LogP contribution is -2.19. The molecular weight excluding hydrogens is 356 g/mol. The molecule has 0 fully saturated rings. The molecule has 108 valence electrons. The Balaban J connectivity index is 2.03. The predicted molar refractivity (Wildman–Crippen MR) is 87.5 cm³/mol. The number of hydrogen-bond donors (Lipinski definition) is 1. The molecular formula is C15H12BrClN2O2. The number of nitrogens with two attached hydrogens (primary N) is 1. The molecule has 4 nitrogen and oxygen atoms in total. The molecule has 0 aliphatic rings. The highest BCUT2D eigenvalue weighted by Gasteiger charge is 1.99. The van der Waals surface area contributed by atoms with Crippen LogP contribution in [-0.2, 0) is 4.79 Å². The van der Waals surface area contributed by atoms with Gasteiger partial charge in [-0.05, 0) is 64.0 Å². The van der Waals surface area contributed by atoms with Gasteiger partial charge in [-0.1, -0.05) is 11.6 Å². The van der Waals surface area contributed by atoms with E-state index in [9.17, 15) is 4.79 Å². The summed E-state index contributed by atoms with van der Waals surface area (Å²) in [5.41, 5.74) is 6.67. The molecule has 2 rings (SSSR count). The molecule has 0 radical (unpaired) electrons. The van der Waals surface area contributed by atoms with Crippen molar-refractivity contribution in [2.24, 2.45) is 10.7 Å². The molecule has 0 aliphatic carbocycles. The van der Waals surface area contributed by atoms with Gasteiger partial charge in [0.15, 0.2) is 6.61 Å². The van der Waals surface area contributed by atoms with E-state index in [4.69, 9.17) is 22.1 Å². The Labute approximate surface area is 135 Å². The topological polar surface area (TPSA) is 64.7 Å². The first kappa shape index (κ1) is 15.5. The Morgan fingerprint density at radius 1 is 1.29 bits per heavy atom. The zero-order chi connectivity index (χ0) is 15.2. The van der Waals surface area contributed by atoms with Crippen LogP contribution in [0.3, 0.4) is 0 Å². The van der Waals surface area contributed by atoms with Gasteiger partial charge in [-0.15, -0.1) is 0 Å². The van der Waals surface area contributed by atoms with E-state index in [1.54, 1.807) is 24.4 Å². The number of nitrogens with zero attached hydrogens (tertiary/aromatic N) is 1. The molecule has 6 heteroatoms. The summed E-state index contributed by atoms with van der Waals surface area (Å²) in [6.45, 7) is -0.134. The van der Waals surface area contributed by atoms with E-state index in [1.165, 1.54) is 0 Å². The Morgan fingerprint density at radius 3 is 2.62 bits per heavy atom. The summed E-state index contributed by atoms with van der Waals surface area (Å²) in [7, 11) is 0. The quantitative estimate of drug-likeness (QED) is 0.819. The van der Waals surface area contributed by atoms with Gasteiger partial charge in [0.1, 0.15) is 5.75 Å². The minimum absolute atomic E-state index is 0.134. The molecule has 2 aromatic rings. The lowest BCUT2D eigenvalue weighted by Gasteiger charge is -2.03. The van der Waals surface area contributed by atoms with Crippen LogP contribution >= 0.6 is 27.5 Å². The lowest BCUT2D eigenvalue weighted by atomic mass is 10.2. The Morgan fingerprint density at radius 2 is 2.00 bits per heavy atom. The minimum atomic E-state index is -0.507. The van der Waals surface area contributed by atoms with Crippen molar-refractivity contribution < 1.29 is 9.53 Å². The number of benzene rings is 2. The van der Waals surface area contributed by atoms with Crippen LogP contribution in [0.2, 0.25) is 5.02 Å². The van der Waals surface area contributed by atoms with Crippen molar-refractivity contribution in [3.63, 3.8) is 0 Å². The normalized spacial score (nSPS) is 10.8. The fourth-order valence-corrected chi connectivity index (χ4v) is 1.94. The van der Waals surface area contributed by atoms with Crippen molar-refractivity contribution in [2.45, 2.75) is 0 Å². The Kier molecular flexibility index (Phi) is 5.36. The third-order valence-electron chi connectivity index (χ3n) is 2.53. The predicted octanol–water partition coefficient (Wildman–Crippen LogP) is 3.72. The van der Waals surface area contributed by atoms with Crippen molar-refractivity contribution in [3.8, 4) is 5.75 Å². The highest BCUT2D eigenvalue weighted by molar-refractivity contribution is 9.10. The first-order valence-corrected chi connectivity index (χ1v) is 7.22. The number of hydrogen-bond acceptors (Lipinski definition) is 3. The van der Waals surface area contributed by atoms with Crippen molar-refractivity contribution in [1.82, 2.24) is 0 Å². The largest absolute Gasteiger partial charge is 0.484 e. The molecule has 21 heavy (non-hydrogen) atoms. The summed E-state index contributed by atoms with van der Waals surface area (Å²) in [6.07, 6.45) is 1.72. The minimum Gasteiger partial charge on any atom is -0.484 e. The molecule has 1 amide bonds. The maximum atomic E-state index is 10.6. The summed E-state index contributed by atoms with van der Waals surface area (Å²) >= 11 is 9.33. The highest BCUT2D eigenvalue weighted by Crippen LogP contribution is 2.26. The molecule has 2 aromatic carbocycles. The first-order valence-electron chi connectivity index (χ1n) is 6.05. The second kappa shape index (κ2) is 7.24. The van der Waals surface area contributed by atoms with E-state index >= 15 is 0 Å². The standard InChI is InChI=1S/C15H12BrClN2O2/c16-13-6-3-11(7-14(13)17)19-8-10-1-4-12(5-2-10)21-9-15(18)20/h1-8H,9H2,(H2,18,20). The fraction of sp³-hybridized carbons (Fsp3) is 0.0667. The second-order valence-electron chi connectivity index (χ2n) is 4.18. The molecule has 0 aromatic heterocycles. The van der Waals surface area contributed by atoms with Gasteiger partial charge in [0, 0.05) is 10.7 Å². The third kappa shape index (κ3) is 4.88. The smallest absolute Gasteiger partial charge is 0.255 e. The van der Waals surface area contributed by atoms with E-state index in [2.05, 4.69) is 20.9 Å². The maximum absolute atomic E-state index is 10.6. The molecule has 0 aliphatic heterocycles. The molecule has 0 bridgehead atoms. The number of amides is 1. The highest BCUT2D eigenvalue weighted by atomic mass is 79.9. The number of primary amides is 1. The van der Waals surface area contributed by atoms with Gasteiger partial charge in [-0.25, -0.2) is 0 Å². The van der Waals surface area contributed by atoms with Gasteiger partial charge in [0.05, 0.1) is 10.7 Å². The molecule has 0 saturated heterocycles. The van der Waals surface area contributed by atoms with Gasteiger partial charge < -0.3 is 10.5 Å². The summed E-state index contributed by atoms with van der Waals surface area (Å²) < 4.78 is 6.00. The Bertz CT molecular complexity index is 672. The molecule has 2 N–H and O–H groups in total. The maximum Gasteiger partial charge on any atom is 0.255 e. The monoisotopic (exact) mass is 366 g/mol. The van der Waals surface area contributed by atoms with Crippen LogP contribution in [0, 0.1) is 0 Å². The van der Waals surface area contributed by atoms with E-state index in [-0.39, 0.29) is 6.61 Å². The van der Waals surface area contributed by atoms with Crippen molar-refractivity contribution in [1.29, 1.82) is 0 Å². The number of ether oxygens (including phenoxy) is 1. The van der Waals surface area contributed by atoms with Crippen LogP contribution in [-0.4, -0.2) is 18.7 Å². The lowest BCUT2D eigenvalue weighted by molar-refractivity contribution is -0.119. The fourth-order valence-electron chi connectivity index (χ4n) is 1.52. The number of aliphatic imine (C=N–C) groups is 1. The molecule has 0 unspecified atom stereocenters. The van der Waals surface area contributed by atoms with Crippen molar-refractivity contribution in [2.75, 3.05) is 6.61 Å². The second-order valence-corrected chi connectivity index (χ2v) is 5.44. The average Bonchev–Trinajstić information content (AvgIpc) is 2.47. The van der Waals surface area contributed by atoms with E-state index in [1.807, 2.05) is 24.3 Å². The number of halogens is 2. The summed E-state index contributed by atoms with van der Waals surface area (Å²) in [6, 6.07) is 12.6.